The second-order valence-electron chi connectivity index (χ2n) is 7.90. The molecule has 3 rings (SSSR count). The van der Waals surface area contributed by atoms with Crippen LogP contribution in [-0.2, 0) is 30.3 Å². The summed E-state index contributed by atoms with van der Waals surface area (Å²) in [5.41, 5.74) is 1.41. The summed E-state index contributed by atoms with van der Waals surface area (Å²) >= 11 is 12.7. The van der Waals surface area contributed by atoms with E-state index in [0.29, 0.717) is 30.4 Å². The van der Waals surface area contributed by atoms with Gasteiger partial charge in [0.1, 0.15) is 0 Å². The molecule has 0 unspecified atom stereocenters. The number of nitrogens with zero attached hydrogens (tertiary/aromatic N) is 2. The van der Waals surface area contributed by atoms with Crippen LogP contribution in [0.1, 0.15) is 52.0 Å². The summed E-state index contributed by atoms with van der Waals surface area (Å²) in [7, 11) is 3.71. The smallest absolute Gasteiger partial charge is 0.339 e. The van der Waals surface area contributed by atoms with E-state index in [0.717, 1.165) is 6.42 Å². The highest BCUT2D eigenvalue weighted by Crippen LogP contribution is 2.36. The summed E-state index contributed by atoms with van der Waals surface area (Å²) in [4.78, 5) is 56.1. The topological polar surface area (TPSA) is 112 Å². The Kier molecular flexibility index (Phi) is 9.06. The van der Waals surface area contributed by atoms with Crippen LogP contribution < -0.4 is 4.90 Å². The molecule has 11 heteroatoms. The summed E-state index contributed by atoms with van der Waals surface area (Å²) in [6.07, 6.45) is 5.01. The van der Waals surface area contributed by atoms with Crippen molar-refractivity contribution in [2.75, 3.05) is 26.2 Å². The van der Waals surface area contributed by atoms with Gasteiger partial charge in [-0.05, 0) is 49.4 Å². The molecule has 0 saturated carbocycles. The summed E-state index contributed by atoms with van der Waals surface area (Å²) in [6.45, 7) is -0.0867. The van der Waals surface area contributed by atoms with Gasteiger partial charge in [-0.1, -0.05) is 23.2 Å². The number of esters is 3. The Morgan fingerprint density at radius 2 is 1.47 bits per heavy atom. The van der Waals surface area contributed by atoms with Crippen molar-refractivity contribution in [1.29, 1.82) is 0 Å². The molecule has 0 N–H and O–H groups in total. The van der Waals surface area contributed by atoms with Crippen molar-refractivity contribution < 1.29 is 33.4 Å². The molecule has 0 bridgehead atoms. The first-order chi connectivity index (χ1) is 17.2. The zero-order valence-corrected chi connectivity index (χ0v) is 21.4. The summed E-state index contributed by atoms with van der Waals surface area (Å²) in [5.74, 6) is -2.39. The SMILES string of the molecule is COC(=O)C1=C(C(=O)N(Cc2cncc(C(=O)OC)c2)c2cc(C(=O)OC)c(Cl)cc2Cl)CCCC1. The van der Waals surface area contributed by atoms with Gasteiger partial charge in [-0.25, -0.2) is 14.4 Å². The molecular formula is C25H24Cl2N2O7. The van der Waals surface area contributed by atoms with E-state index >= 15 is 0 Å². The van der Waals surface area contributed by atoms with Crippen molar-refractivity contribution in [2.24, 2.45) is 0 Å². The molecule has 0 saturated heterocycles. The van der Waals surface area contributed by atoms with Gasteiger partial charge in [0.2, 0.25) is 0 Å². The third-order valence-corrected chi connectivity index (χ3v) is 6.31. The molecule has 0 spiro atoms. The monoisotopic (exact) mass is 534 g/mol. The predicted molar refractivity (Wildman–Crippen MR) is 132 cm³/mol. The molecule has 1 aromatic carbocycles. The van der Waals surface area contributed by atoms with E-state index < -0.39 is 23.8 Å². The first-order valence-corrected chi connectivity index (χ1v) is 11.7. The number of carbonyl (C=O) groups is 4. The van der Waals surface area contributed by atoms with Crippen LogP contribution in [0.15, 0.2) is 41.7 Å². The number of rotatable bonds is 7. The lowest BCUT2D eigenvalue weighted by molar-refractivity contribution is -0.136. The normalized spacial score (nSPS) is 13.1. The number of ether oxygens (including phenoxy) is 3. The maximum atomic E-state index is 13.9. The lowest BCUT2D eigenvalue weighted by Gasteiger charge is -2.28. The van der Waals surface area contributed by atoms with Crippen molar-refractivity contribution in [1.82, 2.24) is 4.98 Å². The first kappa shape index (κ1) is 27.2. The molecule has 1 aliphatic rings. The van der Waals surface area contributed by atoms with E-state index in [1.54, 1.807) is 0 Å². The average molecular weight is 535 g/mol. The number of hydrogen-bond acceptors (Lipinski definition) is 8. The van der Waals surface area contributed by atoms with Gasteiger partial charge in [-0.15, -0.1) is 0 Å². The Hall–Kier alpha value is -3.43. The number of carbonyl (C=O) groups excluding carboxylic acids is 4. The van der Waals surface area contributed by atoms with Crippen molar-refractivity contribution >= 4 is 52.7 Å². The molecule has 1 heterocycles. The van der Waals surface area contributed by atoms with E-state index in [1.165, 1.54) is 56.8 Å². The molecule has 2 aromatic rings. The van der Waals surface area contributed by atoms with Crippen LogP contribution in [0.4, 0.5) is 5.69 Å². The second-order valence-corrected chi connectivity index (χ2v) is 8.71. The standard InChI is InChI=1S/C25H24Cl2N2O7/c1-34-23(31)15-8-14(11-28-12-15)13-29(21-9-18(25(33)36-3)19(26)10-20(21)27)22(30)16-6-4-5-7-17(16)24(32)35-2/h8-12H,4-7,13H2,1-3H3. The minimum Gasteiger partial charge on any atom is -0.466 e. The Morgan fingerprint density at radius 1 is 0.833 bits per heavy atom. The lowest BCUT2D eigenvalue weighted by Crippen LogP contribution is -2.34. The zero-order chi connectivity index (χ0) is 26.4. The van der Waals surface area contributed by atoms with Crippen LogP contribution in [-0.4, -0.2) is 50.1 Å². The predicted octanol–water partition coefficient (Wildman–Crippen LogP) is 4.54. The molecule has 1 amide bonds. The molecule has 1 aliphatic carbocycles. The van der Waals surface area contributed by atoms with E-state index in [1.807, 2.05) is 0 Å². The highest BCUT2D eigenvalue weighted by atomic mass is 35.5. The quantitative estimate of drug-likeness (QED) is 0.375. The first-order valence-electron chi connectivity index (χ1n) is 10.9. The van der Waals surface area contributed by atoms with Crippen LogP contribution in [0.2, 0.25) is 10.0 Å². The minimum atomic E-state index is -0.716. The molecule has 0 fully saturated rings. The molecule has 0 aliphatic heterocycles. The maximum Gasteiger partial charge on any atom is 0.339 e. The molecule has 36 heavy (non-hydrogen) atoms. The Bertz CT molecular complexity index is 1240. The average Bonchev–Trinajstić information content (AvgIpc) is 2.90. The molecule has 0 radical (unpaired) electrons. The summed E-state index contributed by atoms with van der Waals surface area (Å²) < 4.78 is 14.5. The van der Waals surface area contributed by atoms with Gasteiger partial charge in [-0.3, -0.25) is 9.78 Å². The fourth-order valence-electron chi connectivity index (χ4n) is 3.92. The van der Waals surface area contributed by atoms with Crippen LogP contribution >= 0.6 is 23.2 Å². The van der Waals surface area contributed by atoms with Gasteiger partial charge in [0, 0.05) is 23.5 Å². The number of pyridine rings is 1. The Balaban J connectivity index is 2.18. The number of anilines is 1. The molecule has 1 aromatic heterocycles. The zero-order valence-electron chi connectivity index (χ0n) is 19.9. The maximum absolute atomic E-state index is 13.9. The van der Waals surface area contributed by atoms with Crippen molar-refractivity contribution in [3.8, 4) is 0 Å². The van der Waals surface area contributed by atoms with E-state index in [-0.39, 0.29) is 39.0 Å². The van der Waals surface area contributed by atoms with Crippen molar-refractivity contribution in [3.63, 3.8) is 0 Å². The van der Waals surface area contributed by atoms with Gasteiger partial charge >= 0.3 is 17.9 Å². The number of hydrogen-bond donors (Lipinski definition) is 0. The summed E-state index contributed by atoms with van der Waals surface area (Å²) in [6, 6.07) is 4.22. The van der Waals surface area contributed by atoms with Crippen LogP contribution in [0.5, 0.6) is 0 Å². The fraction of sp³-hybridized carbons (Fsp3) is 0.320. The van der Waals surface area contributed by atoms with Gasteiger partial charge in [-0.2, -0.15) is 0 Å². The molecular weight excluding hydrogens is 511 g/mol. The largest absolute Gasteiger partial charge is 0.466 e. The van der Waals surface area contributed by atoms with E-state index in [4.69, 9.17) is 37.4 Å². The van der Waals surface area contributed by atoms with E-state index in [2.05, 4.69) is 4.98 Å². The third kappa shape index (κ3) is 5.85. The Morgan fingerprint density at radius 3 is 2.11 bits per heavy atom. The molecule has 190 valence electrons. The number of halogens is 2. The molecule has 0 atom stereocenters. The number of amides is 1. The number of aromatic nitrogens is 1. The second kappa shape index (κ2) is 12.0. The highest BCUT2D eigenvalue weighted by Gasteiger charge is 2.30. The van der Waals surface area contributed by atoms with Crippen molar-refractivity contribution in [3.05, 3.63) is 68.5 Å². The fourth-order valence-corrected chi connectivity index (χ4v) is 4.48. The summed E-state index contributed by atoms with van der Waals surface area (Å²) in [5, 5.41) is 0.138. The molecule has 9 nitrogen and oxygen atoms in total. The van der Waals surface area contributed by atoms with E-state index in [9.17, 15) is 19.2 Å². The number of methoxy groups -OCH3 is 3. The van der Waals surface area contributed by atoms with Gasteiger partial charge < -0.3 is 19.1 Å². The van der Waals surface area contributed by atoms with Gasteiger partial charge in [0.05, 0.1) is 54.7 Å². The highest BCUT2D eigenvalue weighted by molar-refractivity contribution is 6.38. The minimum absolute atomic E-state index is 0.00335. The van der Waals surface area contributed by atoms with Crippen LogP contribution in [0.3, 0.4) is 0 Å². The van der Waals surface area contributed by atoms with Gasteiger partial charge in [0.15, 0.2) is 0 Å². The number of benzene rings is 1. The van der Waals surface area contributed by atoms with Gasteiger partial charge in [0.25, 0.3) is 5.91 Å². The van der Waals surface area contributed by atoms with Crippen molar-refractivity contribution in [2.45, 2.75) is 32.2 Å². The van der Waals surface area contributed by atoms with Crippen LogP contribution in [0, 0.1) is 0 Å². The Labute approximate surface area is 217 Å². The lowest BCUT2D eigenvalue weighted by atomic mass is 9.90. The third-order valence-electron chi connectivity index (χ3n) is 5.69. The van der Waals surface area contributed by atoms with Crippen LogP contribution in [0.25, 0.3) is 0 Å².